The maximum Gasteiger partial charge on any atom is 0.224 e. The van der Waals surface area contributed by atoms with Crippen LogP contribution in [0.3, 0.4) is 0 Å². The van der Waals surface area contributed by atoms with Crippen molar-refractivity contribution in [2.75, 3.05) is 17.2 Å². The molecule has 8 nitrogen and oxygen atoms in total. The lowest BCUT2D eigenvalue weighted by Gasteiger charge is -2.09. The van der Waals surface area contributed by atoms with Crippen molar-refractivity contribution >= 4 is 72.2 Å². The number of fused-ring (bicyclic) bond motifs is 2. The van der Waals surface area contributed by atoms with Crippen LogP contribution in [0.15, 0.2) is 97.1 Å². The largest absolute Gasteiger partial charge is 0.356 e. The van der Waals surface area contributed by atoms with E-state index in [4.69, 9.17) is 0 Å². The monoisotopic (exact) mass is 689 g/mol. The molecule has 3 N–H and O–H groups in total. The Bertz CT molecular complexity index is 1960. The molecule has 2 aromatic heterocycles. The van der Waals surface area contributed by atoms with Gasteiger partial charge in [-0.3, -0.25) is 14.4 Å². The molecule has 1 saturated carbocycles. The highest BCUT2D eigenvalue weighted by Crippen LogP contribution is 2.32. The molecule has 0 unspecified atom stereocenters. The van der Waals surface area contributed by atoms with E-state index in [-0.39, 0.29) is 17.7 Å². The Morgan fingerprint density at radius 1 is 0.673 bits per heavy atom. The minimum atomic E-state index is -0.0779. The number of carbonyl (C=O) groups excluding carboxylic acids is 3. The molecule has 250 valence electrons. The van der Waals surface area contributed by atoms with Crippen LogP contribution in [0.4, 0.5) is 11.4 Å². The van der Waals surface area contributed by atoms with Gasteiger partial charge in [-0.25, -0.2) is 9.97 Å². The Morgan fingerprint density at radius 3 is 1.65 bits per heavy atom. The molecule has 0 saturated heterocycles. The molecule has 0 spiro atoms. The third kappa shape index (κ3) is 9.58. The smallest absolute Gasteiger partial charge is 0.224 e. The lowest BCUT2D eigenvalue weighted by Crippen LogP contribution is -2.22. The zero-order valence-electron chi connectivity index (χ0n) is 27.4. The SMILES string of the molecule is CC(=O)NCCCC(=O)Nc1ccc(-c2nc3ccccc3s2)cc1.O=C(CC1CCCC1)Nc1ccc(-c2nc3ccccc3s2)cc1. The summed E-state index contributed by atoms with van der Waals surface area (Å²) in [6.07, 6.45) is 6.59. The van der Waals surface area contributed by atoms with Gasteiger partial charge in [-0.2, -0.15) is 0 Å². The first-order chi connectivity index (χ1) is 23.9. The average Bonchev–Trinajstić information content (AvgIpc) is 3.88. The number of anilines is 2. The second kappa shape index (κ2) is 16.5. The summed E-state index contributed by atoms with van der Waals surface area (Å²) in [5.41, 5.74) is 5.78. The molecule has 0 bridgehead atoms. The van der Waals surface area contributed by atoms with Crippen molar-refractivity contribution in [3.63, 3.8) is 0 Å². The topological polar surface area (TPSA) is 113 Å². The fraction of sp³-hybridized carbons (Fsp3) is 0.256. The summed E-state index contributed by atoms with van der Waals surface area (Å²) in [5, 5.41) is 10.5. The summed E-state index contributed by atoms with van der Waals surface area (Å²) in [4.78, 5) is 44.1. The Hall–Kier alpha value is -4.93. The van der Waals surface area contributed by atoms with E-state index in [9.17, 15) is 14.4 Å². The van der Waals surface area contributed by atoms with E-state index >= 15 is 0 Å². The molecule has 7 rings (SSSR count). The summed E-state index contributed by atoms with van der Waals surface area (Å²) in [6.45, 7) is 1.98. The second-order valence-corrected chi connectivity index (χ2v) is 14.2. The number of para-hydroxylation sites is 2. The Balaban J connectivity index is 0.000000170. The van der Waals surface area contributed by atoms with Crippen molar-refractivity contribution < 1.29 is 14.4 Å². The zero-order valence-corrected chi connectivity index (χ0v) is 29.0. The van der Waals surface area contributed by atoms with Crippen LogP contribution in [0, 0.1) is 5.92 Å². The van der Waals surface area contributed by atoms with Crippen molar-refractivity contribution in [3.05, 3.63) is 97.1 Å². The van der Waals surface area contributed by atoms with E-state index < -0.39 is 0 Å². The molecular weight excluding hydrogens is 651 g/mol. The van der Waals surface area contributed by atoms with Crippen LogP contribution >= 0.6 is 22.7 Å². The maximum atomic E-state index is 12.1. The van der Waals surface area contributed by atoms with Gasteiger partial charge >= 0.3 is 0 Å². The molecule has 1 fully saturated rings. The van der Waals surface area contributed by atoms with Crippen molar-refractivity contribution in [2.24, 2.45) is 5.92 Å². The molecular formula is C39H39N5O3S2. The normalized spacial score (nSPS) is 12.8. The van der Waals surface area contributed by atoms with Crippen molar-refractivity contribution in [1.29, 1.82) is 0 Å². The number of benzene rings is 4. The number of nitrogens with one attached hydrogen (secondary N) is 3. The van der Waals surface area contributed by atoms with Crippen molar-refractivity contribution in [3.8, 4) is 21.1 Å². The van der Waals surface area contributed by atoms with Crippen LogP contribution in [0.25, 0.3) is 41.6 Å². The summed E-state index contributed by atoms with van der Waals surface area (Å²) in [5.74, 6) is 0.575. The fourth-order valence-corrected chi connectivity index (χ4v) is 7.75. The highest BCUT2D eigenvalue weighted by molar-refractivity contribution is 7.22. The molecule has 4 aromatic carbocycles. The lowest BCUT2D eigenvalue weighted by molar-refractivity contribution is -0.119. The first kappa shape index (κ1) is 34.0. The van der Waals surface area contributed by atoms with Crippen LogP contribution < -0.4 is 16.0 Å². The number of amides is 3. The molecule has 2 heterocycles. The minimum Gasteiger partial charge on any atom is -0.356 e. The quantitative estimate of drug-likeness (QED) is 0.124. The van der Waals surface area contributed by atoms with E-state index in [1.165, 1.54) is 37.3 Å². The first-order valence-corrected chi connectivity index (χ1v) is 18.3. The van der Waals surface area contributed by atoms with Gasteiger partial charge in [0.05, 0.1) is 20.4 Å². The van der Waals surface area contributed by atoms with E-state index in [0.717, 1.165) is 48.3 Å². The molecule has 10 heteroatoms. The van der Waals surface area contributed by atoms with Gasteiger partial charge in [0.1, 0.15) is 10.0 Å². The third-order valence-electron chi connectivity index (χ3n) is 8.32. The predicted octanol–water partition coefficient (Wildman–Crippen LogP) is 9.30. The number of nitrogens with zero attached hydrogens (tertiary/aromatic N) is 2. The highest BCUT2D eigenvalue weighted by atomic mass is 32.1. The molecule has 3 amide bonds. The fourth-order valence-electron chi connectivity index (χ4n) is 5.81. The van der Waals surface area contributed by atoms with Crippen LogP contribution in [-0.4, -0.2) is 34.2 Å². The molecule has 1 aliphatic rings. The summed E-state index contributed by atoms with van der Waals surface area (Å²) in [7, 11) is 0. The number of carbonyl (C=O) groups is 3. The van der Waals surface area contributed by atoms with E-state index in [1.54, 1.807) is 22.7 Å². The zero-order chi connectivity index (χ0) is 34.0. The van der Waals surface area contributed by atoms with Gasteiger partial charge in [-0.1, -0.05) is 37.1 Å². The first-order valence-electron chi connectivity index (χ1n) is 16.7. The number of hydrogen-bond donors (Lipinski definition) is 3. The minimum absolute atomic E-state index is 0.0573. The maximum absolute atomic E-state index is 12.1. The molecule has 6 aromatic rings. The van der Waals surface area contributed by atoms with Crippen molar-refractivity contribution in [1.82, 2.24) is 15.3 Å². The van der Waals surface area contributed by atoms with Gasteiger partial charge in [0, 0.05) is 48.8 Å². The highest BCUT2D eigenvalue weighted by Gasteiger charge is 2.18. The average molecular weight is 690 g/mol. The van der Waals surface area contributed by atoms with Crippen LogP contribution in [0.2, 0.25) is 0 Å². The molecule has 0 atom stereocenters. The second-order valence-electron chi connectivity index (χ2n) is 12.2. The Morgan fingerprint density at radius 2 is 1.16 bits per heavy atom. The number of thiazole rings is 2. The van der Waals surface area contributed by atoms with Crippen molar-refractivity contribution in [2.45, 2.75) is 51.9 Å². The van der Waals surface area contributed by atoms with Crippen LogP contribution in [-0.2, 0) is 14.4 Å². The van der Waals surface area contributed by atoms with Gasteiger partial charge < -0.3 is 16.0 Å². The Labute approximate surface area is 294 Å². The van der Waals surface area contributed by atoms with Gasteiger partial charge in [-0.15, -0.1) is 22.7 Å². The number of rotatable bonds is 10. The van der Waals surface area contributed by atoms with Crippen LogP contribution in [0.5, 0.6) is 0 Å². The van der Waals surface area contributed by atoms with Crippen LogP contribution in [0.1, 0.15) is 51.9 Å². The summed E-state index contributed by atoms with van der Waals surface area (Å²) in [6, 6.07) is 31.9. The molecule has 0 aliphatic heterocycles. The summed E-state index contributed by atoms with van der Waals surface area (Å²) >= 11 is 3.35. The van der Waals surface area contributed by atoms with Gasteiger partial charge in [0.2, 0.25) is 17.7 Å². The van der Waals surface area contributed by atoms with Gasteiger partial charge in [-0.05, 0) is 98.0 Å². The van der Waals surface area contributed by atoms with Gasteiger partial charge in [0.25, 0.3) is 0 Å². The van der Waals surface area contributed by atoms with Gasteiger partial charge in [0.15, 0.2) is 0 Å². The Kier molecular flexibility index (Phi) is 11.4. The molecule has 49 heavy (non-hydrogen) atoms. The lowest BCUT2D eigenvalue weighted by atomic mass is 10.0. The van der Waals surface area contributed by atoms with E-state index in [2.05, 4.69) is 38.1 Å². The number of hydrogen-bond acceptors (Lipinski definition) is 7. The third-order valence-corrected chi connectivity index (χ3v) is 10.5. The molecule has 0 radical (unpaired) electrons. The van der Waals surface area contributed by atoms with E-state index in [1.807, 2.05) is 84.9 Å². The van der Waals surface area contributed by atoms with E-state index in [0.29, 0.717) is 31.7 Å². The number of aromatic nitrogens is 2. The standard InChI is InChI=1S/C20H20N2OS.C19H19N3O2S/c23-19(13-14-5-1-2-6-14)21-16-11-9-15(10-12-16)20-22-17-7-3-4-8-18(17)24-20;1-13(23)20-12-4-7-18(24)21-15-10-8-14(9-11-15)19-22-16-5-2-3-6-17(16)25-19/h3-4,7-12,14H,1-2,5-6,13H2,(H,21,23);2-3,5-6,8-11H,4,7,12H2,1H3,(H,20,23)(H,21,24). The summed E-state index contributed by atoms with van der Waals surface area (Å²) < 4.78 is 2.36. The molecule has 1 aliphatic carbocycles. The predicted molar refractivity (Wildman–Crippen MR) is 202 cm³/mol.